The average Bonchev–Trinajstić information content (AvgIpc) is 3.26. The Morgan fingerprint density at radius 3 is 2.49 bits per heavy atom. The molecule has 0 saturated carbocycles. The zero-order valence-electron chi connectivity index (χ0n) is 20.1. The quantitative estimate of drug-likeness (QED) is 0.204. The Hall–Kier alpha value is -3.71. The lowest BCUT2D eigenvalue weighted by Gasteiger charge is -2.14. The fourth-order valence-corrected chi connectivity index (χ4v) is 5.29. The van der Waals surface area contributed by atoms with Gasteiger partial charge in [0.1, 0.15) is 5.58 Å². The first-order valence-corrected chi connectivity index (χ1v) is 12.5. The molecular weight excluding hydrogens is 456 g/mol. The van der Waals surface area contributed by atoms with Gasteiger partial charge in [0, 0.05) is 35.2 Å². The van der Waals surface area contributed by atoms with E-state index in [4.69, 9.17) is 4.42 Å². The Kier molecular flexibility index (Phi) is 6.26. The normalized spacial score (nSPS) is 11.5. The van der Waals surface area contributed by atoms with Crippen LogP contribution in [0, 0.1) is 13.8 Å². The van der Waals surface area contributed by atoms with Crippen LogP contribution in [0.15, 0.2) is 81.4 Å². The Bertz CT molecular complexity index is 1570. The van der Waals surface area contributed by atoms with Crippen molar-refractivity contribution in [3.05, 3.63) is 99.7 Å². The lowest BCUT2D eigenvalue weighted by atomic mass is 9.95. The number of para-hydroxylation sites is 1. The third-order valence-electron chi connectivity index (χ3n) is 6.12. The lowest BCUT2D eigenvalue weighted by Crippen LogP contribution is -2.04. The first-order chi connectivity index (χ1) is 16.9. The van der Waals surface area contributed by atoms with Crippen molar-refractivity contribution in [3.63, 3.8) is 0 Å². The van der Waals surface area contributed by atoms with Gasteiger partial charge in [0.25, 0.3) is 0 Å². The number of nitrogens with zero attached hydrogens (tertiary/aromatic N) is 4. The van der Waals surface area contributed by atoms with E-state index in [0.29, 0.717) is 17.3 Å². The minimum Gasteiger partial charge on any atom is -0.423 e. The summed E-state index contributed by atoms with van der Waals surface area (Å²) in [6, 6.07) is 17.7. The zero-order valence-corrected chi connectivity index (χ0v) is 21.0. The highest BCUT2D eigenvalue weighted by Crippen LogP contribution is 2.33. The molecule has 5 aromatic rings. The molecule has 0 aliphatic carbocycles. The monoisotopic (exact) mass is 482 g/mol. The van der Waals surface area contributed by atoms with Gasteiger partial charge in [-0.3, -0.25) is 9.55 Å². The van der Waals surface area contributed by atoms with Crippen LogP contribution in [0.25, 0.3) is 28.0 Å². The number of aryl methyl sites for hydroxylation is 2. The van der Waals surface area contributed by atoms with E-state index in [2.05, 4.69) is 65.6 Å². The van der Waals surface area contributed by atoms with Gasteiger partial charge in [0.05, 0.1) is 5.69 Å². The molecule has 0 fully saturated rings. The summed E-state index contributed by atoms with van der Waals surface area (Å²) >= 11 is 1.55. The molecule has 0 amide bonds. The summed E-state index contributed by atoms with van der Waals surface area (Å²) in [7, 11) is 0. The fraction of sp³-hybridized carbons (Fsp3) is 0.214. The molecule has 0 bridgehead atoms. The maximum Gasteiger partial charge on any atom is 0.336 e. The number of benzene rings is 2. The molecule has 0 saturated heterocycles. The molecule has 176 valence electrons. The number of hydrogen-bond donors (Lipinski definition) is 0. The Balaban J connectivity index is 1.59. The van der Waals surface area contributed by atoms with Crippen molar-refractivity contribution in [2.45, 2.75) is 44.5 Å². The highest BCUT2D eigenvalue weighted by molar-refractivity contribution is 7.98. The van der Waals surface area contributed by atoms with Crippen molar-refractivity contribution in [3.8, 4) is 17.1 Å². The van der Waals surface area contributed by atoms with Crippen LogP contribution in [0.3, 0.4) is 0 Å². The molecule has 0 aliphatic rings. The van der Waals surface area contributed by atoms with Crippen LogP contribution < -0.4 is 5.63 Å². The number of hydrogen-bond acceptors (Lipinski definition) is 6. The maximum absolute atomic E-state index is 12.4. The van der Waals surface area contributed by atoms with Crippen LogP contribution in [0.2, 0.25) is 0 Å². The largest absolute Gasteiger partial charge is 0.423 e. The number of rotatable bonds is 6. The average molecular weight is 483 g/mol. The van der Waals surface area contributed by atoms with Gasteiger partial charge >= 0.3 is 5.63 Å². The van der Waals surface area contributed by atoms with Gasteiger partial charge < -0.3 is 4.42 Å². The molecule has 0 radical (unpaired) electrons. The first-order valence-electron chi connectivity index (χ1n) is 11.5. The molecule has 0 unspecified atom stereocenters. The Labute approximate surface area is 208 Å². The van der Waals surface area contributed by atoms with E-state index in [-0.39, 0.29) is 5.63 Å². The van der Waals surface area contributed by atoms with E-state index in [1.165, 1.54) is 5.56 Å². The lowest BCUT2D eigenvalue weighted by molar-refractivity contribution is 0.559. The second kappa shape index (κ2) is 9.50. The smallest absolute Gasteiger partial charge is 0.336 e. The van der Waals surface area contributed by atoms with Crippen LogP contribution >= 0.6 is 11.8 Å². The number of fused-ring (bicyclic) bond motifs is 1. The topological polar surface area (TPSA) is 73.8 Å². The van der Waals surface area contributed by atoms with Gasteiger partial charge in [-0.05, 0) is 72.4 Å². The second-order valence-corrected chi connectivity index (χ2v) is 9.85. The summed E-state index contributed by atoms with van der Waals surface area (Å²) in [4.78, 5) is 16.5. The second-order valence-electron chi connectivity index (χ2n) is 8.90. The van der Waals surface area contributed by atoms with E-state index in [9.17, 15) is 4.79 Å². The van der Waals surface area contributed by atoms with Crippen LogP contribution in [0.1, 0.15) is 42.0 Å². The molecule has 6 nitrogen and oxygen atoms in total. The highest BCUT2D eigenvalue weighted by atomic mass is 32.2. The molecule has 7 heteroatoms. The third kappa shape index (κ3) is 4.51. The molecule has 3 aromatic heterocycles. The van der Waals surface area contributed by atoms with Crippen molar-refractivity contribution >= 4 is 22.7 Å². The van der Waals surface area contributed by atoms with E-state index in [1.807, 2.05) is 30.3 Å². The number of aromatic nitrogens is 4. The van der Waals surface area contributed by atoms with Crippen molar-refractivity contribution in [1.82, 2.24) is 19.7 Å². The first kappa shape index (κ1) is 23.1. The van der Waals surface area contributed by atoms with Gasteiger partial charge in [0.2, 0.25) is 0 Å². The van der Waals surface area contributed by atoms with Gasteiger partial charge in [-0.25, -0.2) is 4.79 Å². The van der Waals surface area contributed by atoms with Crippen LogP contribution in [-0.2, 0) is 5.75 Å². The summed E-state index contributed by atoms with van der Waals surface area (Å²) in [6.07, 6.45) is 3.51. The van der Waals surface area contributed by atoms with E-state index in [0.717, 1.165) is 44.3 Å². The zero-order chi connectivity index (χ0) is 24.5. The van der Waals surface area contributed by atoms with Gasteiger partial charge in [-0.15, -0.1) is 10.2 Å². The number of pyridine rings is 1. The molecule has 2 aromatic carbocycles. The fourth-order valence-electron chi connectivity index (χ4n) is 4.36. The Morgan fingerprint density at radius 2 is 1.74 bits per heavy atom. The van der Waals surface area contributed by atoms with Crippen LogP contribution in [-0.4, -0.2) is 19.7 Å². The summed E-state index contributed by atoms with van der Waals surface area (Å²) in [5.74, 6) is 1.68. The van der Waals surface area contributed by atoms with Crippen LogP contribution in [0.5, 0.6) is 0 Å². The molecule has 0 N–H and O–H groups in total. The summed E-state index contributed by atoms with van der Waals surface area (Å²) < 4.78 is 7.61. The van der Waals surface area contributed by atoms with E-state index >= 15 is 0 Å². The van der Waals surface area contributed by atoms with Crippen molar-refractivity contribution < 1.29 is 4.42 Å². The van der Waals surface area contributed by atoms with Gasteiger partial charge in [0.15, 0.2) is 11.0 Å². The molecule has 0 atom stereocenters. The predicted octanol–water partition coefficient (Wildman–Crippen LogP) is 6.47. The Morgan fingerprint density at radius 1 is 0.971 bits per heavy atom. The van der Waals surface area contributed by atoms with Crippen molar-refractivity contribution in [1.29, 1.82) is 0 Å². The van der Waals surface area contributed by atoms with Crippen molar-refractivity contribution in [2.75, 3.05) is 0 Å². The highest BCUT2D eigenvalue weighted by Gasteiger charge is 2.19. The maximum atomic E-state index is 12.4. The van der Waals surface area contributed by atoms with Gasteiger partial charge in [-0.2, -0.15) is 0 Å². The third-order valence-corrected chi connectivity index (χ3v) is 7.10. The minimum absolute atomic E-state index is 0.345. The predicted molar refractivity (Wildman–Crippen MR) is 140 cm³/mol. The van der Waals surface area contributed by atoms with Crippen LogP contribution in [0.4, 0.5) is 0 Å². The number of thioether (sulfide) groups is 1. The summed E-state index contributed by atoms with van der Waals surface area (Å²) in [5.41, 5.74) is 6.64. The molecule has 35 heavy (non-hydrogen) atoms. The molecule has 3 heterocycles. The summed E-state index contributed by atoms with van der Waals surface area (Å²) in [6.45, 7) is 8.48. The molecular formula is C28H26N4O2S. The molecule has 5 rings (SSSR count). The standard InChI is InChI=1S/C28H26N4O2S/c1-17(2)22-15-23-21(14-26(33)34-25(23)13-19(22)4)16-35-28-31-30-27(20-9-11-29-12-10-20)32(28)24-8-6-5-7-18(24)3/h5-15,17H,16H2,1-4H3. The van der Waals surface area contributed by atoms with Gasteiger partial charge in [-0.1, -0.05) is 43.8 Å². The SMILES string of the molecule is Cc1cc2oc(=O)cc(CSc3nnc(-c4ccncc4)n3-c3ccccc3C)c2cc1C(C)C. The van der Waals surface area contributed by atoms with E-state index in [1.54, 1.807) is 30.2 Å². The summed E-state index contributed by atoms with van der Waals surface area (Å²) in [5, 5.41) is 10.8. The minimum atomic E-state index is -0.345. The molecule has 0 aliphatic heterocycles. The molecule has 0 spiro atoms. The van der Waals surface area contributed by atoms with Crippen molar-refractivity contribution in [2.24, 2.45) is 0 Å². The van der Waals surface area contributed by atoms with E-state index < -0.39 is 0 Å².